The lowest BCUT2D eigenvalue weighted by atomic mass is 10.0. The number of nitrogens with zero attached hydrogens (tertiary/aromatic N) is 4. The topological polar surface area (TPSA) is 75.6 Å². The Kier molecular flexibility index (Phi) is 5.24. The number of hydrogen-bond donors (Lipinski definition) is 0. The molecule has 5 rings (SSSR count). The maximum atomic E-state index is 13.2. The fourth-order valence-electron chi connectivity index (χ4n) is 5.08. The lowest BCUT2D eigenvalue weighted by Crippen LogP contribution is -2.33. The Morgan fingerprint density at radius 3 is 2.83 bits per heavy atom. The van der Waals surface area contributed by atoms with Crippen LogP contribution in [0.3, 0.4) is 0 Å². The third-order valence-electron chi connectivity index (χ3n) is 6.88. The van der Waals surface area contributed by atoms with E-state index in [0.717, 1.165) is 38.3 Å². The Balaban J connectivity index is 1.28. The van der Waals surface area contributed by atoms with E-state index in [-0.39, 0.29) is 23.8 Å². The van der Waals surface area contributed by atoms with Gasteiger partial charge in [0, 0.05) is 37.9 Å². The monoisotopic (exact) mass is 428 g/mol. The van der Waals surface area contributed by atoms with Crippen LogP contribution in [-0.4, -0.2) is 59.1 Å². The first-order valence-corrected chi connectivity index (χ1v) is 12.3. The zero-order valence-electron chi connectivity index (χ0n) is 17.3. The van der Waals surface area contributed by atoms with Crippen molar-refractivity contribution in [2.75, 3.05) is 26.2 Å². The van der Waals surface area contributed by atoms with Crippen molar-refractivity contribution in [1.29, 1.82) is 0 Å². The minimum Gasteiger partial charge on any atom is -0.493 e. The maximum Gasteiger partial charge on any atom is 0.217 e. The van der Waals surface area contributed by atoms with Crippen LogP contribution in [0, 0.1) is 5.92 Å². The minimum absolute atomic E-state index is 0.166. The predicted molar refractivity (Wildman–Crippen MR) is 114 cm³/mol. The normalized spacial score (nSPS) is 27.1. The highest BCUT2D eigenvalue weighted by molar-refractivity contribution is 7.90. The number of ether oxygens (including phenoxy) is 1. The van der Waals surface area contributed by atoms with E-state index >= 15 is 0 Å². The highest BCUT2D eigenvalue weighted by Crippen LogP contribution is 2.37. The Hall–Kier alpha value is -2.03. The van der Waals surface area contributed by atoms with Crippen molar-refractivity contribution in [3.05, 3.63) is 53.6 Å². The molecule has 0 aliphatic carbocycles. The Labute approximate surface area is 178 Å². The summed E-state index contributed by atoms with van der Waals surface area (Å²) in [5.41, 5.74) is 2.53. The molecule has 30 heavy (non-hydrogen) atoms. The van der Waals surface area contributed by atoms with E-state index in [9.17, 15) is 8.42 Å². The number of rotatable bonds is 4. The molecule has 3 atom stereocenters. The molecule has 0 amide bonds. The number of likely N-dealkylation sites (tertiary alicyclic amines) is 1. The van der Waals surface area contributed by atoms with Crippen LogP contribution in [0.15, 0.2) is 36.7 Å². The summed E-state index contributed by atoms with van der Waals surface area (Å²) in [6, 6.07) is 8.53. The standard InChI is InChI=1S/C22H28N4O3S/c1-16(18-4-3-17-7-12-29-20(17)13-18)25-10-5-19-14-26(15-22-23-8-2-9-24-22)30(27,28)21(19)6-11-25/h2-4,8-9,13,16,19,21H,5-7,10-12,14-15H2,1H3. The summed E-state index contributed by atoms with van der Waals surface area (Å²) in [5, 5.41) is -0.304. The first kappa shape index (κ1) is 19.9. The highest BCUT2D eigenvalue weighted by Gasteiger charge is 2.47. The molecule has 3 unspecified atom stereocenters. The van der Waals surface area contributed by atoms with Crippen molar-refractivity contribution in [2.45, 2.75) is 44.0 Å². The summed E-state index contributed by atoms with van der Waals surface area (Å²) in [4.78, 5) is 10.8. The summed E-state index contributed by atoms with van der Waals surface area (Å²) in [5.74, 6) is 1.73. The van der Waals surface area contributed by atoms with Gasteiger partial charge in [0.1, 0.15) is 11.6 Å². The van der Waals surface area contributed by atoms with Crippen LogP contribution in [0.4, 0.5) is 0 Å². The number of fused-ring (bicyclic) bond motifs is 2. The van der Waals surface area contributed by atoms with Crippen molar-refractivity contribution in [3.63, 3.8) is 0 Å². The lowest BCUT2D eigenvalue weighted by Gasteiger charge is -2.29. The zero-order chi connectivity index (χ0) is 20.7. The average Bonchev–Trinajstić information content (AvgIpc) is 3.22. The van der Waals surface area contributed by atoms with Crippen molar-refractivity contribution in [3.8, 4) is 5.75 Å². The Morgan fingerprint density at radius 1 is 1.20 bits per heavy atom. The van der Waals surface area contributed by atoms with Gasteiger partial charge in [-0.1, -0.05) is 12.1 Å². The number of aromatic nitrogens is 2. The summed E-state index contributed by atoms with van der Waals surface area (Å²) < 4.78 is 33.7. The van der Waals surface area contributed by atoms with Crippen LogP contribution in [0.25, 0.3) is 0 Å². The molecule has 2 aromatic rings. The smallest absolute Gasteiger partial charge is 0.217 e. The molecule has 4 heterocycles. The van der Waals surface area contributed by atoms with Crippen molar-refractivity contribution >= 4 is 10.0 Å². The number of hydrogen-bond acceptors (Lipinski definition) is 6. The molecule has 7 nitrogen and oxygen atoms in total. The molecule has 2 fully saturated rings. The van der Waals surface area contributed by atoms with E-state index in [1.54, 1.807) is 22.8 Å². The van der Waals surface area contributed by atoms with Gasteiger partial charge in [-0.3, -0.25) is 4.90 Å². The second kappa shape index (κ2) is 7.90. The molecule has 0 N–H and O–H groups in total. The molecule has 1 aromatic heterocycles. The predicted octanol–water partition coefficient (Wildman–Crippen LogP) is 2.40. The van der Waals surface area contributed by atoms with Crippen LogP contribution in [-0.2, 0) is 23.0 Å². The molecule has 2 saturated heterocycles. The molecular formula is C22H28N4O3S. The van der Waals surface area contributed by atoms with Gasteiger partial charge < -0.3 is 4.74 Å². The van der Waals surface area contributed by atoms with Crippen LogP contribution in [0.2, 0.25) is 0 Å². The average molecular weight is 429 g/mol. The van der Waals surface area contributed by atoms with Crippen molar-refractivity contribution < 1.29 is 13.2 Å². The second-order valence-corrected chi connectivity index (χ2v) is 10.7. The molecule has 3 aliphatic heterocycles. The summed E-state index contributed by atoms with van der Waals surface area (Å²) in [7, 11) is -3.32. The summed E-state index contributed by atoms with van der Waals surface area (Å²) in [6.45, 7) is 5.51. The van der Waals surface area contributed by atoms with Gasteiger partial charge in [-0.05, 0) is 55.5 Å². The van der Waals surface area contributed by atoms with Gasteiger partial charge in [0.15, 0.2) is 0 Å². The molecule has 0 radical (unpaired) electrons. The highest BCUT2D eigenvalue weighted by atomic mass is 32.2. The molecule has 160 valence electrons. The van der Waals surface area contributed by atoms with Gasteiger partial charge >= 0.3 is 0 Å². The van der Waals surface area contributed by atoms with E-state index in [4.69, 9.17) is 4.74 Å². The first-order chi connectivity index (χ1) is 14.5. The Morgan fingerprint density at radius 2 is 2.00 bits per heavy atom. The molecule has 0 spiro atoms. The van der Waals surface area contributed by atoms with Crippen LogP contribution in [0.1, 0.15) is 42.8 Å². The van der Waals surface area contributed by atoms with Gasteiger partial charge in [-0.2, -0.15) is 4.31 Å². The van der Waals surface area contributed by atoms with Gasteiger partial charge in [0.25, 0.3) is 0 Å². The van der Waals surface area contributed by atoms with E-state index < -0.39 is 10.0 Å². The molecule has 0 saturated carbocycles. The third kappa shape index (κ3) is 3.61. The summed E-state index contributed by atoms with van der Waals surface area (Å²) in [6.07, 6.45) is 5.87. The molecule has 1 aromatic carbocycles. The fourth-order valence-corrected chi connectivity index (χ4v) is 7.27. The van der Waals surface area contributed by atoms with Crippen LogP contribution in [0.5, 0.6) is 5.75 Å². The van der Waals surface area contributed by atoms with Gasteiger partial charge in [-0.25, -0.2) is 18.4 Å². The van der Waals surface area contributed by atoms with Crippen LogP contribution < -0.4 is 4.74 Å². The van der Waals surface area contributed by atoms with Crippen molar-refractivity contribution in [2.24, 2.45) is 5.92 Å². The first-order valence-electron chi connectivity index (χ1n) is 10.8. The summed E-state index contributed by atoms with van der Waals surface area (Å²) >= 11 is 0. The zero-order valence-corrected chi connectivity index (χ0v) is 18.1. The van der Waals surface area contributed by atoms with E-state index in [1.807, 2.05) is 0 Å². The third-order valence-corrected chi connectivity index (χ3v) is 9.27. The van der Waals surface area contributed by atoms with E-state index in [1.165, 1.54) is 11.1 Å². The van der Waals surface area contributed by atoms with Gasteiger partial charge in [0.05, 0.1) is 18.4 Å². The van der Waals surface area contributed by atoms with Gasteiger partial charge in [-0.15, -0.1) is 0 Å². The quantitative estimate of drug-likeness (QED) is 0.744. The SMILES string of the molecule is CC(c1ccc2c(c1)OCC2)N1CCC2CN(Cc3ncccn3)S(=O)(=O)C2CC1. The molecule has 0 bridgehead atoms. The van der Waals surface area contributed by atoms with Crippen LogP contribution >= 0.6 is 0 Å². The fraction of sp³-hybridized carbons (Fsp3) is 0.545. The largest absolute Gasteiger partial charge is 0.493 e. The molecule has 3 aliphatic rings. The lowest BCUT2D eigenvalue weighted by molar-refractivity contribution is 0.213. The Bertz CT molecular complexity index is 1010. The maximum absolute atomic E-state index is 13.2. The molecule has 8 heteroatoms. The molecular weight excluding hydrogens is 400 g/mol. The second-order valence-electron chi connectivity index (χ2n) is 8.56. The number of sulfonamides is 1. The minimum atomic E-state index is -3.32. The van der Waals surface area contributed by atoms with Gasteiger partial charge in [0.2, 0.25) is 10.0 Å². The number of benzene rings is 1. The van der Waals surface area contributed by atoms with Crippen molar-refractivity contribution in [1.82, 2.24) is 19.2 Å². The van der Waals surface area contributed by atoms with E-state index in [0.29, 0.717) is 18.8 Å². The van der Waals surface area contributed by atoms with E-state index in [2.05, 4.69) is 40.0 Å².